The van der Waals surface area contributed by atoms with E-state index < -0.39 is 11.9 Å². The highest BCUT2D eigenvalue weighted by molar-refractivity contribution is 6.31. The van der Waals surface area contributed by atoms with Gasteiger partial charge in [0.05, 0.1) is 26.0 Å². The van der Waals surface area contributed by atoms with E-state index >= 15 is 0 Å². The Hall–Kier alpha value is -4.36. The number of carbonyl (C=O) groups excluding carboxylic acids is 2. The van der Waals surface area contributed by atoms with Crippen molar-refractivity contribution in [2.45, 2.75) is 0 Å². The Morgan fingerprint density at radius 3 is 2.37 bits per heavy atom. The number of nitrogens with one attached hydrogen (secondary N) is 1. The second kappa shape index (κ2) is 10.7. The molecular weight excluding hydrogens is 468 g/mol. The zero-order valence-corrected chi connectivity index (χ0v) is 19.7. The first-order chi connectivity index (χ1) is 17.0. The summed E-state index contributed by atoms with van der Waals surface area (Å²) in [7, 11) is 3.00. The van der Waals surface area contributed by atoms with Gasteiger partial charge in [0.15, 0.2) is 11.5 Å². The summed E-state index contributed by atoms with van der Waals surface area (Å²) < 4.78 is 16.2. The Morgan fingerprint density at radius 2 is 1.60 bits per heavy atom. The maximum Gasteiger partial charge on any atom is 0.343 e. The van der Waals surface area contributed by atoms with Gasteiger partial charge in [0.25, 0.3) is 5.91 Å². The minimum Gasteiger partial charge on any atom is -0.493 e. The zero-order valence-electron chi connectivity index (χ0n) is 18.9. The Morgan fingerprint density at radius 1 is 0.829 bits per heavy atom. The van der Waals surface area contributed by atoms with Gasteiger partial charge in [-0.25, -0.2) is 10.2 Å². The van der Waals surface area contributed by atoms with Crippen molar-refractivity contribution in [1.29, 1.82) is 0 Å². The first kappa shape index (κ1) is 23.8. The molecule has 1 N–H and O–H groups in total. The van der Waals surface area contributed by atoms with Gasteiger partial charge >= 0.3 is 5.97 Å². The Labute approximate surface area is 206 Å². The standard InChI is InChI=1S/C27H21ClN2O5/c1-33-24-13-11-19(15-25(24)34-2)27(32)35-23-12-10-17-6-3-4-9-21(17)22(23)16-29-30-26(31)18-7-5-8-20(28)14-18/h3-16H,1-2H3,(H,30,31)/b29-16+. The van der Waals surface area contributed by atoms with E-state index in [1.54, 1.807) is 48.5 Å². The molecule has 0 saturated heterocycles. The second-order valence-electron chi connectivity index (χ2n) is 7.37. The summed E-state index contributed by atoms with van der Waals surface area (Å²) >= 11 is 5.96. The van der Waals surface area contributed by atoms with Gasteiger partial charge in [-0.15, -0.1) is 0 Å². The van der Waals surface area contributed by atoms with Gasteiger partial charge in [-0.05, 0) is 53.2 Å². The van der Waals surface area contributed by atoms with E-state index in [-0.39, 0.29) is 11.3 Å². The minimum absolute atomic E-state index is 0.282. The number of hydrogen-bond acceptors (Lipinski definition) is 6. The van der Waals surface area contributed by atoms with Gasteiger partial charge in [-0.2, -0.15) is 5.10 Å². The van der Waals surface area contributed by atoms with Crippen LogP contribution in [0.2, 0.25) is 5.02 Å². The van der Waals surface area contributed by atoms with E-state index in [2.05, 4.69) is 10.5 Å². The lowest BCUT2D eigenvalue weighted by Crippen LogP contribution is -2.17. The summed E-state index contributed by atoms with van der Waals surface area (Å²) in [6.07, 6.45) is 1.45. The van der Waals surface area contributed by atoms with Crippen molar-refractivity contribution in [2.24, 2.45) is 5.10 Å². The molecule has 1 amide bonds. The number of nitrogens with zero attached hydrogens (tertiary/aromatic N) is 1. The molecule has 0 unspecified atom stereocenters. The van der Waals surface area contributed by atoms with Gasteiger partial charge in [0.2, 0.25) is 0 Å². The topological polar surface area (TPSA) is 86.2 Å². The molecule has 176 valence electrons. The smallest absolute Gasteiger partial charge is 0.343 e. The Balaban J connectivity index is 1.63. The van der Waals surface area contributed by atoms with Crippen LogP contribution in [0.3, 0.4) is 0 Å². The molecule has 7 nitrogen and oxygen atoms in total. The summed E-state index contributed by atoms with van der Waals surface area (Å²) in [6, 6.07) is 22.4. The predicted octanol–water partition coefficient (Wildman–Crippen LogP) is 5.49. The van der Waals surface area contributed by atoms with E-state index in [0.717, 1.165) is 10.8 Å². The highest BCUT2D eigenvalue weighted by atomic mass is 35.5. The summed E-state index contributed by atoms with van der Waals surface area (Å²) in [5.74, 6) is 0.181. The first-order valence-electron chi connectivity index (χ1n) is 10.5. The van der Waals surface area contributed by atoms with Gasteiger partial charge < -0.3 is 14.2 Å². The second-order valence-corrected chi connectivity index (χ2v) is 7.80. The minimum atomic E-state index is -0.584. The molecule has 0 spiro atoms. The lowest BCUT2D eigenvalue weighted by Gasteiger charge is -2.12. The lowest BCUT2D eigenvalue weighted by molar-refractivity contribution is 0.0734. The number of hydrazone groups is 1. The molecule has 4 rings (SSSR count). The van der Waals surface area contributed by atoms with Crippen LogP contribution in [-0.2, 0) is 0 Å². The van der Waals surface area contributed by atoms with Crippen molar-refractivity contribution < 1.29 is 23.8 Å². The molecule has 0 radical (unpaired) electrons. The van der Waals surface area contributed by atoms with Crippen LogP contribution in [0.25, 0.3) is 10.8 Å². The third kappa shape index (κ3) is 5.42. The number of ether oxygens (including phenoxy) is 3. The summed E-state index contributed by atoms with van der Waals surface area (Å²) in [4.78, 5) is 25.3. The molecule has 0 aromatic heterocycles. The fourth-order valence-electron chi connectivity index (χ4n) is 3.47. The number of hydrogen-bond donors (Lipinski definition) is 1. The lowest BCUT2D eigenvalue weighted by atomic mass is 10.0. The largest absolute Gasteiger partial charge is 0.493 e. The maximum absolute atomic E-state index is 12.9. The molecule has 0 aliphatic carbocycles. The van der Waals surface area contributed by atoms with Gasteiger partial charge in [-0.1, -0.05) is 48.0 Å². The number of carbonyl (C=O) groups is 2. The first-order valence-corrected chi connectivity index (χ1v) is 10.9. The van der Waals surface area contributed by atoms with Crippen LogP contribution in [0.15, 0.2) is 84.0 Å². The van der Waals surface area contributed by atoms with Gasteiger partial charge in [0, 0.05) is 16.1 Å². The average molecular weight is 489 g/mol. The van der Waals surface area contributed by atoms with Crippen molar-refractivity contribution in [3.8, 4) is 17.2 Å². The van der Waals surface area contributed by atoms with Crippen molar-refractivity contribution in [2.75, 3.05) is 14.2 Å². The SMILES string of the molecule is COc1ccc(C(=O)Oc2ccc3ccccc3c2/C=N/NC(=O)c2cccc(Cl)c2)cc1OC. The van der Waals surface area contributed by atoms with E-state index in [0.29, 0.717) is 27.6 Å². The number of benzene rings is 4. The number of esters is 1. The normalized spacial score (nSPS) is 10.8. The fourth-order valence-corrected chi connectivity index (χ4v) is 3.66. The number of rotatable bonds is 7. The molecule has 0 saturated carbocycles. The Bertz CT molecular complexity index is 1430. The summed E-state index contributed by atoms with van der Waals surface area (Å²) in [6.45, 7) is 0. The monoisotopic (exact) mass is 488 g/mol. The van der Waals surface area contributed by atoms with Crippen molar-refractivity contribution in [3.63, 3.8) is 0 Å². The molecule has 0 aliphatic heterocycles. The van der Waals surface area contributed by atoms with Crippen LogP contribution in [0.1, 0.15) is 26.3 Å². The molecule has 4 aromatic rings. The van der Waals surface area contributed by atoms with Crippen LogP contribution in [0.4, 0.5) is 0 Å². The highest BCUT2D eigenvalue weighted by Crippen LogP contribution is 2.30. The van der Waals surface area contributed by atoms with E-state index in [1.807, 2.05) is 30.3 Å². The molecule has 35 heavy (non-hydrogen) atoms. The van der Waals surface area contributed by atoms with E-state index in [4.69, 9.17) is 25.8 Å². The molecule has 0 aliphatic rings. The highest BCUT2D eigenvalue weighted by Gasteiger charge is 2.16. The van der Waals surface area contributed by atoms with E-state index in [9.17, 15) is 9.59 Å². The molecule has 0 fully saturated rings. The van der Waals surface area contributed by atoms with Crippen LogP contribution >= 0.6 is 11.6 Å². The number of methoxy groups -OCH3 is 2. The molecule has 0 atom stereocenters. The van der Waals surface area contributed by atoms with Crippen LogP contribution < -0.4 is 19.6 Å². The molecule has 0 bridgehead atoms. The fraction of sp³-hybridized carbons (Fsp3) is 0.0741. The molecule has 4 aromatic carbocycles. The summed E-state index contributed by atoms with van der Waals surface area (Å²) in [5, 5.41) is 6.25. The van der Waals surface area contributed by atoms with Gasteiger partial charge in [-0.3, -0.25) is 4.79 Å². The number of halogens is 1. The third-order valence-electron chi connectivity index (χ3n) is 5.20. The van der Waals surface area contributed by atoms with Crippen molar-refractivity contribution in [3.05, 3.63) is 101 Å². The number of amides is 1. The molecular formula is C27H21ClN2O5. The third-order valence-corrected chi connectivity index (χ3v) is 5.43. The quantitative estimate of drug-likeness (QED) is 0.161. The van der Waals surface area contributed by atoms with Gasteiger partial charge in [0.1, 0.15) is 5.75 Å². The summed E-state index contributed by atoms with van der Waals surface area (Å²) in [5.41, 5.74) is 3.66. The van der Waals surface area contributed by atoms with Crippen molar-refractivity contribution in [1.82, 2.24) is 5.43 Å². The van der Waals surface area contributed by atoms with Crippen LogP contribution in [0, 0.1) is 0 Å². The Kier molecular flexibility index (Phi) is 7.28. The van der Waals surface area contributed by atoms with Crippen molar-refractivity contribution >= 4 is 40.5 Å². The predicted molar refractivity (Wildman–Crippen MR) is 135 cm³/mol. The average Bonchev–Trinajstić information content (AvgIpc) is 2.89. The zero-order chi connectivity index (χ0) is 24.8. The van der Waals surface area contributed by atoms with E-state index in [1.165, 1.54) is 20.4 Å². The molecule has 8 heteroatoms. The molecule has 0 heterocycles. The van der Waals surface area contributed by atoms with Crippen LogP contribution in [0.5, 0.6) is 17.2 Å². The maximum atomic E-state index is 12.9. The van der Waals surface area contributed by atoms with Crippen LogP contribution in [-0.4, -0.2) is 32.3 Å². The number of fused-ring (bicyclic) bond motifs is 1.